The summed E-state index contributed by atoms with van der Waals surface area (Å²) in [6, 6.07) is 8.30. The van der Waals surface area contributed by atoms with Gasteiger partial charge in [0.15, 0.2) is 9.84 Å². The van der Waals surface area contributed by atoms with Crippen molar-refractivity contribution in [2.24, 2.45) is 0 Å². The molecule has 0 spiro atoms. The van der Waals surface area contributed by atoms with Gasteiger partial charge in [0, 0.05) is 12.3 Å². The Morgan fingerprint density at radius 2 is 1.85 bits per heavy atom. The van der Waals surface area contributed by atoms with Crippen molar-refractivity contribution in [2.45, 2.75) is 12.7 Å². The first-order valence-electron chi connectivity index (χ1n) is 5.95. The molecule has 0 unspecified atom stereocenters. The van der Waals surface area contributed by atoms with Gasteiger partial charge in [-0.2, -0.15) is 5.26 Å². The van der Waals surface area contributed by atoms with Crippen LogP contribution in [0.25, 0.3) is 0 Å². The third-order valence-electron chi connectivity index (χ3n) is 2.66. The molecule has 6 nitrogen and oxygen atoms in total. The van der Waals surface area contributed by atoms with Crippen LogP contribution in [0.15, 0.2) is 24.3 Å². The zero-order chi connectivity index (χ0) is 15.2. The number of nitrogens with one attached hydrogen (secondary N) is 1. The first-order valence-corrected chi connectivity index (χ1v) is 9.43. The summed E-state index contributed by atoms with van der Waals surface area (Å²) in [4.78, 5) is 0. The molecule has 0 aliphatic carbocycles. The second-order valence-electron chi connectivity index (χ2n) is 4.16. The molecule has 0 aromatic heterocycles. The van der Waals surface area contributed by atoms with E-state index in [4.69, 9.17) is 5.26 Å². The molecule has 0 saturated carbocycles. The van der Waals surface area contributed by atoms with Crippen molar-refractivity contribution < 1.29 is 16.8 Å². The highest BCUT2D eigenvalue weighted by Crippen LogP contribution is 2.10. The van der Waals surface area contributed by atoms with Crippen molar-refractivity contribution in [1.82, 2.24) is 4.72 Å². The lowest BCUT2D eigenvalue weighted by Crippen LogP contribution is -2.30. The molecule has 0 fully saturated rings. The predicted molar refractivity (Wildman–Crippen MR) is 76.1 cm³/mol. The van der Waals surface area contributed by atoms with E-state index in [-0.39, 0.29) is 23.8 Å². The molecule has 0 aliphatic rings. The maximum absolute atomic E-state index is 11.8. The minimum absolute atomic E-state index is 0.0218. The number of nitriles is 1. The Balaban J connectivity index is 2.70. The molecule has 1 aromatic carbocycles. The number of rotatable bonds is 7. The largest absolute Gasteiger partial charge is 0.229 e. The number of sulfonamides is 1. The number of hydrogen-bond donors (Lipinski definition) is 1. The summed E-state index contributed by atoms with van der Waals surface area (Å²) in [5.41, 5.74) is 0.680. The fourth-order valence-corrected chi connectivity index (χ4v) is 3.52. The van der Waals surface area contributed by atoms with Gasteiger partial charge in [0.1, 0.15) is 0 Å². The van der Waals surface area contributed by atoms with Crippen LogP contribution in [0.4, 0.5) is 0 Å². The highest BCUT2D eigenvalue weighted by Gasteiger charge is 2.15. The minimum Gasteiger partial charge on any atom is -0.229 e. The Morgan fingerprint density at radius 1 is 1.20 bits per heavy atom. The zero-order valence-corrected chi connectivity index (χ0v) is 12.7. The van der Waals surface area contributed by atoms with Gasteiger partial charge in [-0.3, -0.25) is 0 Å². The van der Waals surface area contributed by atoms with Crippen molar-refractivity contribution in [2.75, 3.05) is 18.1 Å². The van der Waals surface area contributed by atoms with Crippen LogP contribution in [-0.4, -0.2) is 34.9 Å². The molecule has 0 amide bonds. The van der Waals surface area contributed by atoms with Crippen LogP contribution in [-0.2, 0) is 25.6 Å². The normalized spacial score (nSPS) is 12.0. The molecule has 0 aliphatic heterocycles. The average Bonchev–Trinajstić information content (AvgIpc) is 2.38. The summed E-state index contributed by atoms with van der Waals surface area (Å²) in [6.07, 6.45) is 0. The van der Waals surface area contributed by atoms with Crippen LogP contribution in [0.5, 0.6) is 0 Å². The molecular formula is C12H16N2O4S2. The summed E-state index contributed by atoms with van der Waals surface area (Å²) in [7, 11) is -6.87. The van der Waals surface area contributed by atoms with Crippen LogP contribution in [0.3, 0.4) is 0 Å². The Morgan fingerprint density at radius 3 is 2.45 bits per heavy atom. The highest BCUT2D eigenvalue weighted by molar-refractivity contribution is 7.91. The zero-order valence-electron chi connectivity index (χ0n) is 11.0. The van der Waals surface area contributed by atoms with Crippen LogP contribution in [0, 0.1) is 11.3 Å². The van der Waals surface area contributed by atoms with E-state index in [0.29, 0.717) is 11.1 Å². The maximum Gasteiger partial charge on any atom is 0.215 e. The first-order chi connectivity index (χ1) is 9.29. The standard InChI is InChI=1S/C12H16N2O4S2/c1-2-19(15,16)8-7-14-20(17,18)10-12-6-4-3-5-11(12)9-13/h3-6,14H,2,7-8,10H2,1H3. The summed E-state index contributed by atoms with van der Waals surface area (Å²) < 4.78 is 48.4. The lowest BCUT2D eigenvalue weighted by Gasteiger charge is -2.07. The second-order valence-corrected chi connectivity index (χ2v) is 8.44. The molecule has 0 heterocycles. The van der Waals surface area contributed by atoms with Gasteiger partial charge in [0.05, 0.1) is 23.1 Å². The highest BCUT2D eigenvalue weighted by atomic mass is 32.2. The third-order valence-corrected chi connectivity index (χ3v) is 5.70. The monoisotopic (exact) mass is 316 g/mol. The molecule has 1 N–H and O–H groups in total. The topological polar surface area (TPSA) is 104 Å². The Labute approximate surface area is 119 Å². The summed E-state index contributed by atoms with van der Waals surface area (Å²) in [5.74, 6) is -0.600. The number of nitrogens with zero attached hydrogens (tertiary/aromatic N) is 1. The van der Waals surface area contributed by atoms with Crippen molar-refractivity contribution >= 4 is 19.9 Å². The minimum atomic E-state index is -3.66. The van der Waals surface area contributed by atoms with Crippen LogP contribution >= 0.6 is 0 Å². The molecule has 8 heteroatoms. The first kappa shape index (κ1) is 16.6. The average molecular weight is 316 g/mol. The SMILES string of the molecule is CCS(=O)(=O)CCNS(=O)(=O)Cc1ccccc1C#N. The van der Waals surface area contributed by atoms with Crippen molar-refractivity contribution in [1.29, 1.82) is 5.26 Å². The smallest absolute Gasteiger partial charge is 0.215 e. The van der Waals surface area contributed by atoms with Crippen molar-refractivity contribution in [3.63, 3.8) is 0 Å². The molecule has 0 saturated heterocycles. The van der Waals surface area contributed by atoms with Gasteiger partial charge in [0.25, 0.3) is 0 Å². The van der Waals surface area contributed by atoms with Gasteiger partial charge in [-0.15, -0.1) is 0 Å². The van der Waals surface area contributed by atoms with E-state index in [1.807, 2.05) is 6.07 Å². The van der Waals surface area contributed by atoms with Crippen molar-refractivity contribution in [3.05, 3.63) is 35.4 Å². The van der Waals surface area contributed by atoms with E-state index in [0.717, 1.165) is 0 Å². The van der Waals surface area contributed by atoms with E-state index < -0.39 is 19.9 Å². The van der Waals surface area contributed by atoms with E-state index >= 15 is 0 Å². The fourth-order valence-electron chi connectivity index (χ4n) is 1.51. The lowest BCUT2D eigenvalue weighted by atomic mass is 10.1. The van der Waals surface area contributed by atoms with E-state index in [9.17, 15) is 16.8 Å². The maximum atomic E-state index is 11.8. The molecule has 1 aromatic rings. The van der Waals surface area contributed by atoms with Gasteiger partial charge < -0.3 is 0 Å². The van der Waals surface area contributed by atoms with Gasteiger partial charge in [-0.25, -0.2) is 21.6 Å². The van der Waals surface area contributed by atoms with E-state index in [1.54, 1.807) is 18.2 Å². The molecule has 0 atom stereocenters. The molecule has 0 radical (unpaired) electrons. The number of sulfone groups is 1. The van der Waals surface area contributed by atoms with Crippen LogP contribution in [0.2, 0.25) is 0 Å². The predicted octanol–water partition coefficient (Wildman–Crippen LogP) is 0.412. The summed E-state index contributed by atoms with van der Waals surface area (Å²) >= 11 is 0. The molecular weight excluding hydrogens is 300 g/mol. The summed E-state index contributed by atoms with van der Waals surface area (Å²) in [6.45, 7) is 1.35. The quantitative estimate of drug-likeness (QED) is 0.784. The van der Waals surface area contributed by atoms with Gasteiger partial charge in [0.2, 0.25) is 10.0 Å². The molecule has 1 rings (SSSR count). The fraction of sp³-hybridized carbons (Fsp3) is 0.417. The van der Waals surface area contributed by atoms with Gasteiger partial charge in [-0.1, -0.05) is 25.1 Å². The Kier molecular flexibility index (Phi) is 5.68. The summed E-state index contributed by atoms with van der Waals surface area (Å²) in [5, 5.41) is 8.89. The second kappa shape index (κ2) is 6.83. The van der Waals surface area contributed by atoms with Crippen molar-refractivity contribution in [3.8, 4) is 6.07 Å². The van der Waals surface area contributed by atoms with E-state index in [1.165, 1.54) is 13.0 Å². The third kappa shape index (κ3) is 5.28. The van der Waals surface area contributed by atoms with Gasteiger partial charge >= 0.3 is 0 Å². The molecule has 20 heavy (non-hydrogen) atoms. The number of benzene rings is 1. The number of hydrogen-bond acceptors (Lipinski definition) is 5. The van der Waals surface area contributed by atoms with Crippen LogP contribution in [0.1, 0.15) is 18.1 Å². The van der Waals surface area contributed by atoms with E-state index in [2.05, 4.69) is 4.72 Å². The van der Waals surface area contributed by atoms with Gasteiger partial charge in [-0.05, 0) is 11.6 Å². The molecule has 0 bridgehead atoms. The molecule has 110 valence electrons. The Bertz CT molecular complexity index is 703. The Hall–Kier alpha value is -1.43. The van der Waals surface area contributed by atoms with Crippen LogP contribution < -0.4 is 4.72 Å². The lowest BCUT2D eigenvalue weighted by molar-refractivity contribution is 0.580.